The van der Waals surface area contributed by atoms with Crippen molar-refractivity contribution in [1.82, 2.24) is 0 Å². The first kappa shape index (κ1) is 15.0. The fourth-order valence-electron chi connectivity index (χ4n) is 1.81. The minimum atomic E-state index is -1.18. The van der Waals surface area contributed by atoms with Crippen LogP contribution in [-0.4, -0.2) is 17.0 Å². The van der Waals surface area contributed by atoms with E-state index in [-0.39, 0.29) is 21.8 Å². The number of carbonyl (C=O) groups is 2. The summed E-state index contributed by atoms with van der Waals surface area (Å²) in [5.41, 5.74) is 0.516. The average Bonchev–Trinajstić information content (AvgIpc) is 2.43. The van der Waals surface area contributed by atoms with Gasteiger partial charge in [0, 0.05) is 0 Å². The first-order valence-electron chi connectivity index (χ1n) is 5.99. The van der Waals surface area contributed by atoms with Crippen LogP contribution in [0.15, 0.2) is 36.4 Å². The summed E-state index contributed by atoms with van der Waals surface area (Å²) in [5.74, 6) is -2.79. The predicted octanol–water partition coefficient (Wildman–Crippen LogP) is 3.74. The zero-order valence-electron chi connectivity index (χ0n) is 11.0. The molecule has 6 heteroatoms. The average molecular weight is 308 g/mol. The number of amides is 1. The smallest absolute Gasteiger partial charge is 0.337 e. The summed E-state index contributed by atoms with van der Waals surface area (Å²) in [4.78, 5) is 23.2. The number of aromatic carboxylic acids is 1. The van der Waals surface area contributed by atoms with Crippen LogP contribution in [0.4, 0.5) is 10.1 Å². The zero-order valence-corrected chi connectivity index (χ0v) is 11.7. The van der Waals surface area contributed by atoms with Crippen LogP contribution in [0.25, 0.3) is 0 Å². The van der Waals surface area contributed by atoms with Crippen LogP contribution in [0.2, 0.25) is 5.02 Å². The molecule has 2 aromatic carbocycles. The van der Waals surface area contributed by atoms with Gasteiger partial charge in [0.25, 0.3) is 5.91 Å². The quantitative estimate of drug-likeness (QED) is 0.907. The van der Waals surface area contributed by atoms with E-state index in [1.54, 1.807) is 13.0 Å². The number of halogens is 2. The van der Waals surface area contributed by atoms with Crippen LogP contribution in [0.5, 0.6) is 0 Å². The Kier molecular flexibility index (Phi) is 4.23. The molecule has 21 heavy (non-hydrogen) atoms. The molecule has 0 saturated heterocycles. The number of carboxylic acids is 1. The Morgan fingerprint density at radius 3 is 2.57 bits per heavy atom. The fourth-order valence-corrected chi connectivity index (χ4v) is 1.99. The summed E-state index contributed by atoms with van der Waals surface area (Å²) in [6.07, 6.45) is 0. The van der Waals surface area contributed by atoms with Gasteiger partial charge in [-0.25, -0.2) is 9.18 Å². The third-order valence-corrected chi connectivity index (χ3v) is 3.14. The molecule has 1 amide bonds. The molecule has 0 aliphatic carbocycles. The maximum absolute atomic E-state index is 13.8. The molecule has 0 spiro atoms. The van der Waals surface area contributed by atoms with Gasteiger partial charge >= 0.3 is 5.97 Å². The molecular weight excluding hydrogens is 297 g/mol. The zero-order chi connectivity index (χ0) is 15.6. The first-order valence-corrected chi connectivity index (χ1v) is 6.37. The van der Waals surface area contributed by atoms with Gasteiger partial charge in [0.1, 0.15) is 0 Å². The summed E-state index contributed by atoms with van der Waals surface area (Å²) < 4.78 is 13.8. The van der Waals surface area contributed by atoms with Gasteiger partial charge in [0.2, 0.25) is 0 Å². The third kappa shape index (κ3) is 3.20. The molecule has 2 aromatic rings. The lowest BCUT2D eigenvalue weighted by Gasteiger charge is -2.10. The van der Waals surface area contributed by atoms with Crippen molar-refractivity contribution in [2.75, 3.05) is 5.32 Å². The van der Waals surface area contributed by atoms with Crippen molar-refractivity contribution in [3.63, 3.8) is 0 Å². The van der Waals surface area contributed by atoms with Crippen molar-refractivity contribution in [3.05, 3.63) is 63.9 Å². The number of hydrogen-bond donors (Lipinski definition) is 2. The van der Waals surface area contributed by atoms with Gasteiger partial charge in [-0.05, 0) is 31.2 Å². The van der Waals surface area contributed by atoms with Crippen LogP contribution < -0.4 is 5.32 Å². The van der Waals surface area contributed by atoms with Crippen LogP contribution in [0, 0.1) is 12.7 Å². The highest BCUT2D eigenvalue weighted by Crippen LogP contribution is 2.21. The topological polar surface area (TPSA) is 66.4 Å². The Morgan fingerprint density at radius 2 is 1.90 bits per heavy atom. The van der Waals surface area contributed by atoms with Crippen LogP contribution in [0.1, 0.15) is 26.3 Å². The molecule has 2 N–H and O–H groups in total. The second kappa shape index (κ2) is 5.93. The maximum atomic E-state index is 13.8. The molecule has 0 atom stereocenters. The number of nitrogens with one attached hydrogen (secondary N) is 1. The Labute approximate surface area is 125 Å². The van der Waals surface area contributed by atoms with E-state index in [4.69, 9.17) is 16.7 Å². The Bertz CT molecular complexity index is 731. The number of carboxylic acid groups (broad SMARTS) is 1. The minimum Gasteiger partial charge on any atom is -0.478 e. The summed E-state index contributed by atoms with van der Waals surface area (Å²) in [6.45, 7) is 1.73. The fraction of sp³-hybridized carbons (Fsp3) is 0.0667. The molecule has 0 unspecified atom stereocenters. The van der Waals surface area contributed by atoms with Crippen LogP contribution in [-0.2, 0) is 0 Å². The van der Waals surface area contributed by atoms with Gasteiger partial charge in [-0.3, -0.25) is 4.79 Å². The van der Waals surface area contributed by atoms with E-state index in [1.807, 2.05) is 0 Å². The number of anilines is 1. The lowest BCUT2D eigenvalue weighted by molar-refractivity contribution is 0.0698. The summed E-state index contributed by atoms with van der Waals surface area (Å²) in [6, 6.07) is 8.56. The van der Waals surface area contributed by atoms with Gasteiger partial charge in [0.05, 0.1) is 21.8 Å². The lowest BCUT2D eigenvalue weighted by Crippen LogP contribution is -2.16. The highest BCUT2D eigenvalue weighted by molar-refractivity contribution is 6.31. The molecular formula is C15H11ClFNO3. The van der Waals surface area contributed by atoms with Crippen molar-refractivity contribution >= 4 is 29.2 Å². The van der Waals surface area contributed by atoms with E-state index in [0.717, 1.165) is 5.56 Å². The third-order valence-electron chi connectivity index (χ3n) is 2.85. The first-order chi connectivity index (χ1) is 9.90. The summed E-state index contributed by atoms with van der Waals surface area (Å²) in [7, 11) is 0. The number of benzene rings is 2. The van der Waals surface area contributed by atoms with Gasteiger partial charge in [-0.2, -0.15) is 0 Å². The Morgan fingerprint density at radius 1 is 1.19 bits per heavy atom. The molecule has 0 heterocycles. The number of aryl methyl sites for hydroxylation is 1. The number of rotatable bonds is 3. The second-order valence-corrected chi connectivity index (χ2v) is 4.82. The molecule has 0 aliphatic heterocycles. The maximum Gasteiger partial charge on any atom is 0.337 e. The van der Waals surface area contributed by atoms with Crippen LogP contribution >= 0.6 is 11.6 Å². The molecule has 0 fully saturated rings. The molecule has 4 nitrogen and oxygen atoms in total. The van der Waals surface area contributed by atoms with Crippen molar-refractivity contribution < 1.29 is 19.1 Å². The summed E-state index contributed by atoms with van der Waals surface area (Å²) >= 11 is 5.61. The Balaban J connectivity index is 2.36. The van der Waals surface area contributed by atoms with Crippen molar-refractivity contribution in [1.29, 1.82) is 0 Å². The molecule has 108 valence electrons. The van der Waals surface area contributed by atoms with Gasteiger partial charge in [-0.1, -0.05) is 29.3 Å². The van der Waals surface area contributed by atoms with E-state index in [2.05, 4.69) is 5.32 Å². The SMILES string of the molecule is Cc1ccc(NC(=O)c2cccc(Cl)c2F)c(C(=O)O)c1. The molecule has 0 aromatic heterocycles. The monoisotopic (exact) mass is 307 g/mol. The van der Waals surface area contributed by atoms with Crippen LogP contribution in [0.3, 0.4) is 0 Å². The van der Waals surface area contributed by atoms with E-state index in [9.17, 15) is 14.0 Å². The van der Waals surface area contributed by atoms with Crippen molar-refractivity contribution in [2.24, 2.45) is 0 Å². The van der Waals surface area contributed by atoms with Crippen molar-refractivity contribution in [2.45, 2.75) is 6.92 Å². The van der Waals surface area contributed by atoms with Gasteiger partial charge < -0.3 is 10.4 Å². The van der Waals surface area contributed by atoms with E-state index in [1.165, 1.54) is 30.3 Å². The minimum absolute atomic E-state index is 0.0641. The molecule has 0 aliphatic rings. The molecule has 0 saturated carbocycles. The lowest BCUT2D eigenvalue weighted by atomic mass is 10.1. The Hall–Kier alpha value is -2.40. The van der Waals surface area contributed by atoms with Crippen molar-refractivity contribution in [3.8, 4) is 0 Å². The van der Waals surface area contributed by atoms with E-state index < -0.39 is 17.7 Å². The number of carbonyl (C=O) groups excluding carboxylic acids is 1. The normalized spacial score (nSPS) is 10.2. The highest BCUT2D eigenvalue weighted by Gasteiger charge is 2.17. The molecule has 2 rings (SSSR count). The van der Waals surface area contributed by atoms with E-state index in [0.29, 0.717) is 0 Å². The standard InChI is InChI=1S/C15H11ClFNO3/c1-8-5-6-12(10(7-8)15(20)21)18-14(19)9-3-2-4-11(16)13(9)17/h2-7H,1H3,(H,18,19)(H,20,21). The highest BCUT2D eigenvalue weighted by atomic mass is 35.5. The van der Waals surface area contributed by atoms with E-state index >= 15 is 0 Å². The summed E-state index contributed by atoms with van der Waals surface area (Å²) in [5, 5.41) is 11.3. The number of hydrogen-bond acceptors (Lipinski definition) is 2. The van der Waals surface area contributed by atoms with Gasteiger partial charge in [-0.15, -0.1) is 0 Å². The molecule has 0 radical (unpaired) electrons. The predicted molar refractivity (Wildman–Crippen MR) is 77.5 cm³/mol. The van der Waals surface area contributed by atoms with Gasteiger partial charge in [0.15, 0.2) is 5.82 Å². The second-order valence-electron chi connectivity index (χ2n) is 4.41. The molecule has 0 bridgehead atoms. The largest absolute Gasteiger partial charge is 0.478 e.